The monoisotopic (exact) mass is 294 g/mol. The minimum absolute atomic E-state index is 0.254. The van der Waals surface area contributed by atoms with Crippen molar-refractivity contribution in [3.63, 3.8) is 0 Å². The van der Waals surface area contributed by atoms with Crippen LogP contribution in [-0.2, 0) is 15.9 Å². The third kappa shape index (κ3) is 6.08. The van der Waals surface area contributed by atoms with Crippen molar-refractivity contribution < 1.29 is 13.6 Å². The van der Waals surface area contributed by atoms with Crippen LogP contribution in [0.3, 0.4) is 0 Å². The molecule has 0 amide bonds. The molecule has 0 radical (unpaired) electrons. The highest BCUT2D eigenvalue weighted by atomic mass is 35.5. The molecule has 0 aromatic heterocycles. The van der Waals surface area contributed by atoms with Crippen molar-refractivity contribution in [2.45, 2.75) is 4.90 Å². The SMILES string of the molecule is O=C=Nc1ccccc1.O=S([O-])c1ccc(Cl)cc1. The Balaban J connectivity index is 0.000000191. The van der Waals surface area contributed by atoms with Crippen molar-refractivity contribution in [2.24, 2.45) is 4.99 Å². The van der Waals surface area contributed by atoms with E-state index in [0.29, 0.717) is 10.7 Å². The number of nitrogens with zero attached hydrogens (tertiary/aromatic N) is 1. The number of halogens is 1. The van der Waals surface area contributed by atoms with Gasteiger partial charge < -0.3 is 4.55 Å². The lowest BCUT2D eigenvalue weighted by Crippen LogP contribution is -1.86. The molecule has 2 aromatic rings. The maximum absolute atomic E-state index is 10.3. The summed E-state index contributed by atoms with van der Waals surface area (Å²) in [5.74, 6) is 0. The van der Waals surface area contributed by atoms with Gasteiger partial charge in [-0.2, -0.15) is 4.99 Å². The molecule has 0 heterocycles. The number of rotatable bonds is 2. The van der Waals surface area contributed by atoms with E-state index in [4.69, 9.17) is 11.6 Å². The van der Waals surface area contributed by atoms with Crippen molar-refractivity contribution in [1.29, 1.82) is 0 Å². The van der Waals surface area contributed by atoms with Crippen LogP contribution in [0.2, 0.25) is 5.02 Å². The fourth-order valence-corrected chi connectivity index (χ4v) is 1.59. The largest absolute Gasteiger partial charge is 0.768 e. The summed E-state index contributed by atoms with van der Waals surface area (Å²) < 4.78 is 20.5. The van der Waals surface area contributed by atoms with E-state index >= 15 is 0 Å². The van der Waals surface area contributed by atoms with E-state index < -0.39 is 11.1 Å². The van der Waals surface area contributed by atoms with Crippen LogP contribution in [0.5, 0.6) is 0 Å². The summed E-state index contributed by atoms with van der Waals surface area (Å²) in [6, 6.07) is 14.9. The molecule has 6 heteroatoms. The second-order valence-corrected chi connectivity index (χ2v) is 4.60. The second-order valence-electron chi connectivity index (χ2n) is 3.23. The van der Waals surface area contributed by atoms with Crippen LogP contribution in [0.1, 0.15) is 0 Å². The Kier molecular flexibility index (Phi) is 6.71. The third-order valence-corrected chi connectivity index (χ3v) is 2.85. The highest BCUT2D eigenvalue weighted by Gasteiger charge is 1.89. The Morgan fingerprint density at radius 1 is 1.05 bits per heavy atom. The lowest BCUT2D eigenvalue weighted by molar-refractivity contribution is 0.537. The van der Waals surface area contributed by atoms with E-state index in [9.17, 15) is 13.6 Å². The quantitative estimate of drug-likeness (QED) is 0.485. The second kappa shape index (κ2) is 8.34. The van der Waals surface area contributed by atoms with Crippen molar-refractivity contribution in [1.82, 2.24) is 0 Å². The minimum Gasteiger partial charge on any atom is -0.768 e. The van der Waals surface area contributed by atoms with Crippen LogP contribution in [0, 0.1) is 0 Å². The highest BCUT2D eigenvalue weighted by Crippen LogP contribution is 2.11. The lowest BCUT2D eigenvalue weighted by Gasteiger charge is -2.02. The standard InChI is InChI=1S/C7H5NO.C6H5ClO2S/c9-6-8-7-4-2-1-3-5-7;7-5-1-3-6(4-2-5)10(8)9/h1-5H;1-4H,(H,8,9)/p-1. The maximum Gasteiger partial charge on any atom is 0.240 e. The zero-order valence-corrected chi connectivity index (χ0v) is 11.2. The van der Waals surface area contributed by atoms with Gasteiger partial charge in [-0.3, -0.25) is 4.21 Å². The molecular weight excluding hydrogens is 286 g/mol. The first-order valence-electron chi connectivity index (χ1n) is 5.11. The minimum atomic E-state index is -2.15. The van der Waals surface area contributed by atoms with Crippen LogP contribution in [0.25, 0.3) is 0 Å². The van der Waals surface area contributed by atoms with Crippen LogP contribution >= 0.6 is 11.6 Å². The van der Waals surface area contributed by atoms with Gasteiger partial charge in [0.15, 0.2) is 0 Å². The maximum atomic E-state index is 10.3. The molecule has 0 bridgehead atoms. The molecule has 1 unspecified atom stereocenters. The number of isocyanates is 1. The molecule has 0 spiro atoms. The zero-order valence-electron chi connectivity index (χ0n) is 9.65. The van der Waals surface area contributed by atoms with Gasteiger partial charge in [0.2, 0.25) is 6.08 Å². The fraction of sp³-hybridized carbons (Fsp3) is 0. The molecular formula is C13H9ClNO3S-. The molecule has 0 saturated heterocycles. The molecule has 2 aromatic carbocycles. The Labute approximate surface area is 118 Å². The molecule has 0 saturated carbocycles. The summed E-state index contributed by atoms with van der Waals surface area (Å²) in [7, 11) is 0. The average Bonchev–Trinajstić information content (AvgIpc) is 2.41. The Hall–Kier alpha value is -1.78. The van der Waals surface area contributed by atoms with Crippen LogP contribution in [0.4, 0.5) is 5.69 Å². The zero-order chi connectivity index (χ0) is 14.1. The molecule has 0 aliphatic heterocycles. The van der Waals surface area contributed by atoms with E-state index in [-0.39, 0.29) is 4.90 Å². The van der Waals surface area contributed by atoms with E-state index in [1.807, 2.05) is 18.2 Å². The van der Waals surface area contributed by atoms with E-state index in [0.717, 1.165) is 0 Å². The molecule has 98 valence electrons. The van der Waals surface area contributed by atoms with Crippen LogP contribution < -0.4 is 0 Å². The smallest absolute Gasteiger partial charge is 0.240 e. The molecule has 0 aliphatic carbocycles. The van der Waals surface area contributed by atoms with Gasteiger partial charge >= 0.3 is 0 Å². The summed E-state index contributed by atoms with van der Waals surface area (Å²) in [4.78, 5) is 13.3. The number of aliphatic imine (C=N–C) groups is 1. The molecule has 2 rings (SSSR count). The van der Waals surface area contributed by atoms with Gasteiger partial charge in [0.25, 0.3) is 0 Å². The molecule has 0 fully saturated rings. The topological polar surface area (TPSA) is 69.6 Å². The summed E-state index contributed by atoms with van der Waals surface area (Å²) in [6.07, 6.45) is 1.46. The van der Waals surface area contributed by atoms with Gasteiger partial charge in [0.05, 0.1) is 5.69 Å². The fourth-order valence-electron chi connectivity index (χ4n) is 1.10. The first-order valence-corrected chi connectivity index (χ1v) is 6.56. The van der Waals surface area contributed by atoms with Crippen molar-refractivity contribution in [3.05, 3.63) is 59.6 Å². The number of benzene rings is 2. The van der Waals surface area contributed by atoms with Gasteiger partial charge in [0.1, 0.15) is 0 Å². The Morgan fingerprint density at radius 2 is 1.63 bits per heavy atom. The number of hydrogen-bond donors (Lipinski definition) is 0. The van der Waals surface area contributed by atoms with Crippen LogP contribution in [0.15, 0.2) is 64.5 Å². The summed E-state index contributed by atoms with van der Waals surface area (Å²) in [5, 5.41) is 0.536. The van der Waals surface area contributed by atoms with E-state index in [1.165, 1.54) is 30.3 Å². The Bertz CT molecular complexity index is 581. The number of carbonyl (C=O) groups excluding carboxylic acids is 1. The van der Waals surface area contributed by atoms with Crippen molar-refractivity contribution in [3.8, 4) is 0 Å². The predicted molar refractivity (Wildman–Crippen MR) is 72.9 cm³/mol. The van der Waals surface area contributed by atoms with Crippen molar-refractivity contribution >= 4 is 34.4 Å². The third-order valence-electron chi connectivity index (χ3n) is 1.94. The van der Waals surface area contributed by atoms with Crippen molar-refractivity contribution in [2.75, 3.05) is 0 Å². The first-order chi connectivity index (χ1) is 9.13. The van der Waals surface area contributed by atoms with Gasteiger partial charge in [0, 0.05) is 9.92 Å². The number of para-hydroxylation sites is 1. The lowest BCUT2D eigenvalue weighted by atomic mass is 10.3. The van der Waals surface area contributed by atoms with Gasteiger partial charge in [-0.05, 0) is 47.5 Å². The molecule has 0 aliphatic rings. The Morgan fingerprint density at radius 3 is 2.11 bits per heavy atom. The number of hydrogen-bond acceptors (Lipinski definition) is 4. The summed E-state index contributed by atoms with van der Waals surface area (Å²) in [5.41, 5.74) is 0.646. The van der Waals surface area contributed by atoms with E-state index in [2.05, 4.69) is 4.99 Å². The van der Waals surface area contributed by atoms with Gasteiger partial charge in [-0.25, -0.2) is 4.79 Å². The first kappa shape index (κ1) is 15.3. The molecule has 0 N–H and O–H groups in total. The average molecular weight is 295 g/mol. The molecule has 1 atom stereocenters. The summed E-state index contributed by atoms with van der Waals surface area (Å²) in [6.45, 7) is 0. The van der Waals surface area contributed by atoms with Crippen LogP contribution in [-0.4, -0.2) is 14.8 Å². The highest BCUT2D eigenvalue weighted by molar-refractivity contribution is 7.79. The van der Waals surface area contributed by atoms with E-state index in [1.54, 1.807) is 12.1 Å². The van der Waals surface area contributed by atoms with Gasteiger partial charge in [-0.1, -0.05) is 29.8 Å². The predicted octanol–water partition coefficient (Wildman–Crippen LogP) is 3.23. The molecule has 4 nitrogen and oxygen atoms in total. The van der Waals surface area contributed by atoms with Gasteiger partial charge in [-0.15, -0.1) is 0 Å². The normalized spacial score (nSPS) is 10.6. The summed E-state index contributed by atoms with van der Waals surface area (Å²) >= 11 is 3.37. The molecule has 19 heavy (non-hydrogen) atoms.